The van der Waals surface area contributed by atoms with Gasteiger partial charge in [0.25, 0.3) is 0 Å². The average Bonchev–Trinajstić information content (AvgIpc) is 3.32. The van der Waals surface area contributed by atoms with Crippen molar-refractivity contribution >= 4 is 34.8 Å². The maximum Gasteiger partial charge on any atom is 0.235 e. The molecule has 2 amide bonds. The van der Waals surface area contributed by atoms with Crippen LogP contribution in [0.3, 0.4) is 0 Å². The van der Waals surface area contributed by atoms with Gasteiger partial charge in [-0.2, -0.15) is 0 Å². The lowest BCUT2D eigenvalue weighted by Gasteiger charge is -2.28. The molecule has 2 fully saturated rings. The van der Waals surface area contributed by atoms with Gasteiger partial charge in [-0.1, -0.05) is 42.6 Å². The van der Waals surface area contributed by atoms with Gasteiger partial charge in [-0.15, -0.1) is 0 Å². The Labute approximate surface area is 164 Å². The van der Waals surface area contributed by atoms with E-state index in [1.165, 1.54) is 0 Å². The molecule has 0 unspecified atom stereocenters. The second kappa shape index (κ2) is 7.35. The fourth-order valence-electron chi connectivity index (χ4n) is 4.32. The highest BCUT2D eigenvalue weighted by atomic mass is 35.5. The Morgan fingerprint density at radius 3 is 2.44 bits per heavy atom. The van der Waals surface area contributed by atoms with Gasteiger partial charge in [0.2, 0.25) is 11.8 Å². The first-order valence-corrected chi connectivity index (χ1v) is 9.94. The number of benzene rings is 2. The van der Waals surface area contributed by atoms with Gasteiger partial charge in [-0.25, -0.2) is 0 Å². The normalized spacial score (nSPS) is 18.7. The van der Waals surface area contributed by atoms with Gasteiger partial charge in [-0.05, 0) is 55.2 Å². The van der Waals surface area contributed by atoms with Crippen LogP contribution in [0.2, 0.25) is 5.02 Å². The van der Waals surface area contributed by atoms with Crippen LogP contribution < -0.4 is 10.2 Å². The molecule has 0 atom stereocenters. The van der Waals surface area contributed by atoms with Crippen LogP contribution in [0.15, 0.2) is 48.5 Å². The van der Waals surface area contributed by atoms with Gasteiger partial charge in [0.15, 0.2) is 0 Å². The quantitative estimate of drug-likeness (QED) is 0.816. The topological polar surface area (TPSA) is 49.4 Å². The summed E-state index contributed by atoms with van der Waals surface area (Å²) in [6.07, 6.45) is 5.23. The zero-order valence-electron chi connectivity index (χ0n) is 15.2. The molecule has 2 aromatic carbocycles. The van der Waals surface area contributed by atoms with Crippen molar-refractivity contribution in [2.24, 2.45) is 0 Å². The van der Waals surface area contributed by atoms with E-state index in [0.29, 0.717) is 11.4 Å². The Morgan fingerprint density at radius 1 is 1.04 bits per heavy atom. The van der Waals surface area contributed by atoms with Crippen LogP contribution in [-0.4, -0.2) is 18.4 Å². The molecule has 1 saturated carbocycles. The summed E-state index contributed by atoms with van der Waals surface area (Å²) in [7, 11) is 0. The van der Waals surface area contributed by atoms with E-state index in [1.54, 1.807) is 4.90 Å². The molecule has 27 heavy (non-hydrogen) atoms. The summed E-state index contributed by atoms with van der Waals surface area (Å²) in [5.41, 5.74) is 2.09. The lowest BCUT2D eigenvalue weighted by molar-refractivity contribution is -0.121. The third-order valence-electron chi connectivity index (χ3n) is 5.78. The Kier molecular flexibility index (Phi) is 4.92. The van der Waals surface area contributed by atoms with E-state index in [9.17, 15) is 9.59 Å². The number of hydrogen-bond donors (Lipinski definition) is 1. The van der Waals surface area contributed by atoms with Crippen LogP contribution in [0.25, 0.3) is 0 Å². The molecule has 4 rings (SSSR count). The summed E-state index contributed by atoms with van der Waals surface area (Å²) < 4.78 is 0. The SMILES string of the molecule is O=C1CCCN1c1cccc(NC(=O)C2(c3ccc(Cl)cc3)CCCC2)c1. The van der Waals surface area contributed by atoms with Crippen molar-refractivity contribution in [2.45, 2.75) is 43.9 Å². The highest BCUT2D eigenvalue weighted by molar-refractivity contribution is 6.30. The van der Waals surface area contributed by atoms with Crippen molar-refractivity contribution in [1.82, 2.24) is 0 Å². The van der Waals surface area contributed by atoms with Gasteiger partial charge in [-0.3, -0.25) is 9.59 Å². The van der Waals surface area contributed by atoms with E-state index < -0.39 is 5.41 Å². The Hall–Kier alpha value is -2.33. The molecule has 1 heterocycles. The van der Waals surface area contributed by atoms with Crippen LogP contribution >= 0.6 is 11.6 Å². The maximum absolute atomic E-state index is 13.3. The third-order valence-corrected chi connectivity index (χ3v) is 6.03. The lowest BCUT2D eigenvalue weighted by atomic mass is 9.78. The van der Waals surface area contributed by atoms with E-state index in [4.69, 9.17) is 11.6 Å². The Balaban J connectivity index is 1.58. The summed E-state index contributed by atoms with van der Waals surface area (Å²) in [6, 6.07) is 15.2. The first-order chi connectivity index (χ1) is 13.1. The molecule has 140 valence electrons. The molecule has 1 N–H and O–H groups in total. The minimum Gasteiger partial charge on any atom is -0.325 e. The van der Waals surface area contributed by atoms with Gasteiger partial charge in [0, 0.05) is 29.4 Å². The second-order valence-electron chi connectivity index (χ2n) is 7.45. The fourth-order valence-corrected chi connectivity index (χ4v) is 4.44. The summed E-state index contributed by atoms with van der Waals surface area (Å²) >= 11 is 6.03. The number of amides is 2. The predicted molar refractivity (Wildman–Crippen MR) is 108 cm³/mol. The molecule has 0 aromatic heterocycles. The molecule has 4 nitrogen and oxygen atoms in total. The molecule has 0 bridgehead atoms. The van der Waals surface area contributed by atoms with Crippen molar-refractivity contribution in [1.29, 1.82) is 0 Å². The van der Waals surface area contributed by atoms with Gasteiger partial charge < -0.3 is 10.2 Å². The predicted octanol–water partition coefficient (Wildman–Crippen LogP) is 4.92. The molecule has 2 aliphatic rings. The zero-order valence-corrected chi connectivity index (χ0v) is 16.0. The molecule has 1 aliphatic carbocycles. The first kappa shape index (κ1) is 18.1. The summed E-state index contributed by atoms with van der Waals surface area (Å²) in [4.78, 5) is 27.1. The van der Waals surface area contributed by atoms with E-state index in [2.05, 4.69) is 5.32 Å². The van der Waals surface area contributed by atoms with Crippen LogP contribution in [0.5, 0.6) is 0 Å². The maximum atomic E-state index is 13.3. The number of nitrogens with one attached hydrogen (secondary N) is 1. The molecular formula is C22H23ClN2O2. The van der Waals surface area contributed by atoms with Crippen LogP contribution in [0.1, 0.15) is 44.1 Å². The van der Waals surface area contributed by atoms with Crippen molar-refractivity contribution in [2.75, 3.05) is 16.8 Å². The summed E-state index contributed by atoms with van der Waals surface area (Å²) in [5, 5.41) is 3.78. The summed E-state index contributed by atoms with van der Waals surface area (Å²) in [5.74, 6) is 0.166. The number of halogens is 1. The van der Waals surface area contributed by atoms with E-state index in [-0.39, 0.29) is 11.8 Å². The van der Waals surface area contributed by atoms with Crippen molar-refractivity contribution in [3.63, 3.8) is 0 Å². The van der Waals surface area contributed by atoms with Crippen LogP contribution in [-0.2, 0) is 15.0 Å². The van der Waals surface area contributed by atoms with E-state index in [0.717, 1.165) is 55.6 Å². The van der Waals surface area contributed by atoms with Gasteiger partial charge >= 0.3 is 0 Å². The monoisotopic (exact) mass is 382 g/mol. The van der Waals surface area contributed by atoms with Crippen LogP contribution in [0, 0.1) is 0 Å². The highest BCUT2D eigenvalue weighted by Crippen LogP contribution is 2.42. The highest BCUT2D eigenvalue weighted by Gasteiger charge is 2.42. The molecular weight excluding hydrogens is 360 g/mol. The van der Waals surface area contributed by atoms with Crippen molar-refractivity contribution in [3.8, 4) is 0 Å². The molecule has 1 aliphatic heterocycles. The smallest absolute Gasteiger partial charge is 0.235 e. The lowest BCUT2D eigenvalue weighted by Crippen LogP contribution is -2.38. The number of hydrogen-bond acceptors (Lipinski definition) is 2. The molecule has 1 saturated heterocycles. The van der Waals surface area contributed by atoms with Gasteiger partial charge in [0.1, 0.15) is 0 Å². The van der Waals surface area contributed by atoms with Gasteiger partial charge in [0.05, 0.1) is 5.41 Å². The Bertz CT molecular complexity index is 857. The molecule has 0 radical (unpaired) electrons. The van der Waals surface area contributed by atoms with Crippen molar-refractivity contribution < 1.29 is 9.59 Å². The van der Waals surface area contributed by atoms with Crippen LogP contribution in [0.4, 0.5) is 11.4 Å². The first-order valence-electron chi connectivity index (χ1n) is 9.56. The third kappa shape index (κ3) is 3.46. The summed E-state index contributed by atoms with van der Waals surface area (Å²) in [6.45, 7) is 0.741. The second-order valence-corrected chi connectivity index (χ2v) is 7.89. The molecule has 5 heteroatoms. The van der Waals surface area contributed by atoms with E-state index >= 15 is 0 Å². The number of carbonyl (C=O) groups is 2. The average molecular weight is 383 g/mol. The minimum atomic E-state index is -0.510. The molecule has 0 spiro atoms. The van der Waals surface area contributed by atoms with Crippen molar-refractivity contribution in [3.05, 3.63) is 59.1 Å². The Morgan fingerprint density at radius 2 is 1.78 bits per heavy atom. The number of anilines is 2. The van der Waals surface area contributed by atoms with E-state index in [1.807, 2.05) is 48.5 Å². The fraction of sp³-hybridized carbons (Fsp3) is 0.364. The zero-order chi connectivity index (χ0) is 18.9. The standard InChI is InChI=1S/C22H23ClN2O2/c23-17-10-8-16(9-11-17)22(12-1-2-13-22)21(27)24-18-5-3-6-19(15-18)25-14-4-7-20(25)26/h3,5-6,8-11,15H,1-2,4,7,12-14H2,(H,24,27). The number of carbonyl (C=O) groups excluding carboxylic acids is 2. The number of nitrogens with zero attached hydrogens (tertiary/aromatic N) is 1. The minimum absolute atomic E-state index is 0.0206. The largest absolute Gasteiger partial charge is 0.325 e. The number of rotatable bonds is 4. The molecule has 2 aromatic rings.